The minimum absolute atomic E-state index is 0.0527. The number of carbonyl (C=O) groups excluding carboxylic acids is 1. The normalized spacial score (nSPS) is 20.9. The number of carbonyl (C=O) groups is 1. The number of hydrogen-bond acceptors (Lipinski definition) is 5. The van der Waals surface area contributed by atoms with Gasteiger partial charge in [0, 0.05) is 13.1 Å². The molecule has 0 aliphatic heterocycles. The molecule has 0 heterocycles. The Bertz CT molecular complexity index is 608. The van der Waals surface area contributed by atoms with E-state index in [1.165, 1.54) is 14.2 Å². The minimum Gasteiger partial charge on any atom is -0.493 e. The zero-order valence-electron chi connectivity index (χ0n) is 13.1. The molecule has 1 aromatic rings. The van der Waals surface area contributed by atoms with E-state index in [1.54, 1.807) is 0 Å². The molecular formula is C17H21NO4. The lowest BCUT2D eigenvalue weighted by molar-refractivity contribution is -0.141. The number of rotatable bonds is 7. The lowest BCUT2D eigenvalue weighted by Gasteiger charge is -2.39. The molecular weight excluding hydrogens is 282 g/mol. The van der Waals surface area contributed by atoms with Gasteiger partial charge in [0.2, 0.25) is 17.1 Å². The van der Waals surface area contributed by atoms with Crippen molar-refractivity contribution in [3.05, 3.63) is 59.6 Å². The number of likely N-dealkylation sites (N-methyl/N-ethyl adjacent to an activating group) is 1. The van der Waals surface area contributed by atoms with Crippen molar-refractivity contribution < 1.29 is 19.4 Å². The number of Topliss-reactive ketones (excluding diaryl/α,β-unsaturated/α-hetero) is 1. The van der Waals surface area contributed by atoms with Gasteiger partial charge in [-0.1, -0.05) is 36.9 Å². The molecule has 5 heteroatoms. The van der Waals surface area contributed by atoms with Gasteiger partial charge in [-0.05, 0) is 18.2 Å². The van der Waals surface area contributed by atoms with Crippen LogP contribution < -0.4 is 0 Å². The highest BCUT2D eigenvalue weighted by molar-refractivity contribution is 6.12. The highest BCUT2D eigenvalue weighted by Crippen LogP contribution is 2.40. The number of benzene rings is 1. The first-order chi connectivity index (χ1) is 10.4. The molecule has 118 valence electrons. The lowest BCUT2D eigenvalue weighted by atomic mass is 9.77. The molecule has 0 bridgehead atoms. The average Bonchev–Trinajstić information content (AvgIpc) is 2.51. The van der Waals surface area contributed by atoms with E-state index in [4.69, 9.17) is 9.47 Å². The molecule has 0 fully saturated rings. The third-order valence-corrected chi connectivity index (χ3v) is 3.75. The predicted molar refractivity (Wildman–Crippen MR) is 82.9 cm³/mol. The van der Waals surface area contributed by atoms with Crippen LogP contribution in [0.15, 0.2) is 54.0 Å². The van der Waals surface area contributed by atoms with Crippen LogP contribution >= 0.6 is 0 Å². The molecule has 0 radical (unpaired) electrons. The standard InChI is InChI=1S/C17H21NO4/c1-12(10-18(2)11-13-8-6-5-7-9-13)17(20)15(19)14(21-3)16(17)22-4/h5-9,20H,1,10-11H2,2-4H3. The Morgan fingerprint density at radius 2 is 1.91 bits per heavy atom. The van der Waals surface area contributed by atoms with E-state index in [2.05, 4.69) is 6.58 Å². The Morgan fingerprint density at radius 3 is 2.45 bits per heavy atom. The molecule has 2 rings (SSSR count). The van der Waals surface area contributed by atoms with Gasteiger partial charge >= 0.3 is 0 Å². The highest BCUT2D eigenvalue weighted by atomic mass is 16.5. The summed E-state index contributed by atoms with van der Waals surface area (Å²) in [6, 6.07) is 9.94. The topological polar surface area (TPSA) is 59.0 Å². The van der Waals surface area contributed by atoms with Crippen LogP contribution in [0.2, 0.25) is 0 Å². The summed E-state index contributed by atoms with van der Waals surface area (Å²) in [5.41, 5.74) is -0.274. The molecule has 1 aliphatic carbocycles. The second-order valence-corrected chi connectivity index (χ2v) is 5.37. The van der Waals surface area contributed by atoms with Gasteiger partial charge in [0.05, 0.1) is 14.2 Å². The lowest BCUT2D eigenvalue weighted by Crippen LogP contribution is -2.55. The fraction of sp³-hybridized carbons (Fsp3) is 0.353. The van der Waals surface area contributed by atoms with Crippen molar-refractivity contribution in [2.24, 2.45) is 0 Å². The molecule has 1 N–H and O–H groups in total. The monoisotopic (exact) mass is 303 g/mol. The van der Waals surface area contributed by atoms with Crippen molar-refractivity contribution in [1.29, 1.82) is 0 Å². The van der Waals surface area contributed by atoms with E-state index in [-0.39, 0.29) is 11.5 Å². The number of aliphatic hydroxyl groups is 1. The SMILES string of the molecule is C=C(CN(C)Cc1ccccc1)C1(O)C(=O)C(OC)=C1OC. The van der Waals surface area contributed by atoms with Crippen molar-refractivity contribution in [2.75, 3.05) is 27.8 Å². The van der Waals surface area contributed by atoms with Gasteiger partial charge in [0.15, 0.2) is 5.76 Å². The number of hydrogen-bond donors (Lipinski definition) is 1. The molecule has 1 aliphatic rings. The number of ether oxygens (including phenoxy) is 2. The Hall–Kier alpha value is -2.11. The Morgan fingerprint density at radius 1 is 1.27 bits per heavy atom. The zero-order valence-corrected chi connectivity index (χ0v) is 13.1. The number of methoxy groups -OCH3 is 2. The second-order valence-electron chi connectivity index (χ2n) is 5.37. The molecule has 1 unspecified atom stereocenters. The van der Waals surface area contributed by atoms with Gasteiger partial charge < -0.3 is 14.6 Å². The molecule has 5 nitrogen and oxygen atoms in total. The van der Waals surface area contributed by atoms with E-state index in [9.17, 15) is 9.90 Å². The van der Waals surface area contributed by atoms with E-state index in [0.29, 0.717) is 18.7 Å². The fourth-order valence-corrected chi connectivity index (χ4v) is 2.61. The molecule has 22 heavy (non-hydrogen) atoms. The fourth-order valence-electron chi connectivity index (χ4n) is 2.61. The van der Waals surface area contributed by atoms with E-state index in [1.807, 2.05) is 42.3 Å². The van der Waals surface area contributed by atoms with Gasteiger partial charge in [0.1, 0.15) is 0 Å². The van der Waals surface area contributed by atoms with E-state index >= 15 is 0 Å². The van der Waals surface area contributed by atoms with Gasteiger partial charge in [-0.15, -0.1) is 0 Å². The quantitative estimate of drug-likeness (QED) is 0.774. The summed E-state index contributed by atoms with van der Waals surface area (Å²) in [6.07, 6.45) is 0. The van der Waals surface area contributed by atoms with Crippen LogP contribution in [-0.4, -0.2) is 49.2 Å². The first-order valence-corrected chi connectivity index (χ1v) is 6.95. The summed E-state index contributed by atoms with van der Waals surface area (Å²) in [4.78, 5) is 14.0. The maximum atomic E-state index is 12.1. The van der Waals surface area contributed by atoms with Crippen molar-refractivity contribution in [1.82, 2.24) is 4.90 Å². The Kier molecular flexibility index (Phi) is 4.68. The molecule has 1 atom stereocenters. The minimum atomic E-state index is -1.79. The summed E-state index contributed by atoms with van der Waals surface area (Å²) in [5, 5.41) is 10.6. The van der Waals surface area contributed by atoms with Crippen LogP contribution in [0.5, 0.6) is 0 Å². The van der Waals surface area contributed by atoms with Crippen LogP contribution in [0.4, 0.5) is 0 Å². The smallest absolute Gasteiger partial charge is 0.244 e. The molecule has 0 amide bonds. The van der Waals surface area contributed by atoms with Crippen LogP contribution in [0, 0.1) is 0 Å². The number of nitrogens with zero attached hydrogens (tertiary/aromatic N) is 1. The van der Waals surface area contributed by atoms with Gasteiger partial charge in [-0.3, -0.25) is 9.69 Å². The molecule has 0 spiro atoms. The van der Waals surface area contributed by atoms with Crippen LogP contribution in [0.3, 0.4) is 0 Å². The summed E-state index contributed by atoms with van der Waals surface area (Å²) in [6.45, 7) is 4.92. The van der Waals surface area contributed by atoms with Gasteiger partial charge in [-0.2, -0.15) is 0 Å². The Balaban J connectivity index is 2.06. The predicted octanol–water partition coefficient (Wildman–Crippen LogP) is 1.49. The zero-order chi connectivity index (χ0) is 16.3. The van der Waals surface area contributed by atoms with E-state index < -0.39 is 11.4 Å². The first kappa shape index (κ1) is 16.3. The summed E-state index contributed by atoms with van der Waals surface area (Å²) >= 11 is 0. The summed E-state index contributed by atoms with van der Waals surface area (Å²) in [7, 11) is 4.67. The van der Waals surface area contributed by atoms with Crippen molar-refractivity contribution >= 4 is 5.78 Å². The summed E-state index contributed by atoms with van der Waals surface area (Å²) < 4.78 is 10.0. The third-order valence-electron chi connectivity index (χ3n) is 3.75. The maximum absolute atomic E-state index is 12.1. The van der Waals surface area contributed by atoms with Crippen LogP contribution in [0.25, 0.3) is 0 Å². The van der Waals surface area contributed by atoms with Crippen molar-refractivity contribution in [3.8, 4) is 0 Å². The largest absolute Gasteiger partial charge is 0.493 e. The van der Waals surface area contributed by atoms with Gasteiger partial charge in [-0.25, -0.2) is 0 Å². The molecule has 0 aromatic heterocycles. The number of ketones is 1. The van der Waals surface area contributed by atoms with Crippen molar-refractivity contribution in [3.63, 3.8) is 0 Å². The van der Waals surface area contributed by atoms with Crippen LogP contribution in [-0.2, 0) is 20.8 Å². The molecule has 1 aromatic carbocycles. The molecule has 0 saturated heterocycles. The highest BCUT2D eigenvalue weighted by Gasteiger charge is 2.57. The maximum Gasteiger partial charge on any atom is 0.244 e. The summed E-state index contributed by atoms with van der Waals surface area (Å²) in [5.74, 6) is -0.333. The first-order valence-electron chi connectivity index (χ1n) is 6.95. The Labute approximate surface area is 130 Å². The van der Waals surface area contributed by atoms with Crippen molar-refractivity contribution in [2.45, 2.75) is 12.1 Å². The average molecular weight is 303 g/mol. The van der Waals surface area contributed by atoms with Crippen LogP contribution in [0.1, 0.15) is 5.56 Å². The second kappa shape index (κ2) is 6.34. The molecule has 0 saturated carbocycles. The third kappa shape index (κ3) is 2.65. The van der Waals surface area contributed by atoms with E-state index in [0.717, 1.165) is 5.56 Å². The van der Waals surface area contributed by atoms with Gasteiger partial charge in [0.25, 0.3) is 0 Å².